The van der Waals surface area contributed by atoms with Gasteiger partial charge in [-0.2, -0.15) is 5.10 Å². The fourth-order valence-corrected chi connectivity index (χ4v) is 4.76. The molecule has 0 amide bonds. The first kappa shape index (κ1) is 21.0. The smallest absolute Gasteiger partial charge is 0.341 e. The lowest BCUT2D eigenvalue weighted by atomic mass is 9.83. The summed E-state index contributed by atoms with van der Waals surface area (Å²) in [7, 11) is 0. The number of aliphatic carboxylic acids is 1. The van der Waals surface area contributed by atoms with Gasteiger partial charge in [-0.1, -0.05) is 42.5 Å². The van der Waals surface area contributed by atoms with Crippen molar-refractivity contribution < 1.29 is 14.6 Å². The van der Waals surface area contributed by atoms with E-state index in [2.05, 4.69) is 39.5 Å². The fraction of sp³-hybridized carbons (Fsp3) is 0.269. The second-order valence-electron chi connectivity index (χ2n) is 8.50. The SMILES string of the molecule is O=C(O)COc1cccc2c1CCC(Cn1cc(C(c3ccccc3)c3ncc[nH]3)cn1)C2. The molecule has 33 heavy (non-hydrogen) atoms. The maximum atomic E-state index is 10.9. The molecule has 168 valence electrons. The van der Waals surface area contributed by atoms with Crippen LogP contribution in [0.2, 0.25) is 0 Å². The van der Waals surface area contributed by atoms with E-state index < -0.39 is 5.97 Å². The van der Waals surface area contributed by atoms with Gasteiger partial charge in [-0.25, -0.2) is 9.78 Å². The van der Waals surface area contributed by atoms with Gasteiger partial charge in [0.05, 0.1) is 12.1 Å². The van der Waals surface area contributed by atoms with Crippen LogP contribution in [0.1, 0.15) is 40.4 Å². The summed E-state index contributed by atoms with van der Waals surface area (Å²) in [6.45, 7) is 0.521. The zero-order valence-corrected chi connectivity index (χ0v) is 18.2. The molecule has 0 fully saturated rings. The third kappa shape index (κ3) is 4.67. The van der Waals surface area contributed by atoms with E-state index in [1.807, 2.05) is 47.4 Å². The highest BCUT2D eigenvalue weighted by molar-refractivity contribution is 5.68. The van der Waals surface area contributed by atoms with E-state index in [9.17, 15) is 4.79 Å². The Hall–Kier alpha value is -3.87. The van der Waals surface area contributed by atoms with Crippen molar-refractivity contribution in [1.82, 2.24) is 19.7 Å². The summed E-state index contributed by atoms with van der Waals surface area (Å²) < 4.78 is 7.54. The van der Waals surface area contributed by atoms with Gasteiger partial charge in [0.15, 0.2) is 6.61 Å². The standard InChI is InChI=1S/C26H26N4O3/c31-24(32)17-33-23-8-4-7-20-13-18(9-10-22(20)23)15-30-16-21(14-29-30)25(26-27-11-12-28-26)19-5-2-1-3-6-19/h1-8,11-12,14,16,18,25H,9-10,13,15,17H2,(H,27,28)(H,31,32). The van der Waals surface area contributed by atoms with Crippen LogP contribution in [0.5, 0.6) is 5.75 Å². The molecule has 7 nitrogen and oxygen atoms in total. The average Bonchev–Trinajstić information content (AvgIpc) is 3.51. The van der Waals surface area contributed by atoms with Crippen LogP contribution < -0.4 is 4.74 Å². The van der Waals surface area contributed by atoms with Gasteiger partial charge in [0.2, 0.25) is 0 Å². The van der Waals surface area contributed by atoms with E-state index in [0.717, 1.165) is 42.8 Å². The molecule has 0 radical (unpaired) electrons. The normalized spacial score (nSPS) is 16.2. The molecule has 2 heterocycles. The van der Waals surface area contributed by atoms with Crippen molar-refractivity contribution in [3.8, 4) is 5.75 Å². The van der Waals surface area contributed by atoms with Crippen molar-refractivity contribution in [3.63, 3.8) is 0 Å². The molecule has 5 rings (SSSR count). The second kappa shape index (κ2) is 9.32. The van der Waals surface area contributed by atoms with Gasteiger partial charge in [-0.3, -0.25) is 4.68 Å². The number of nitrogens with one attached hydrogen (secondary N) is 1. The number of H-pyrrole nitrogens is 1. The highest BCUT2D eigenvalue weighted by Crippen LogP contribution is 2.34. The molecule has 0 spiro atoms. The minimum atomic E-state index is -0.959. The topological polar surface area (TPSA) is 93.0 Å². The number of carbonyl (C=O) groups is 1. The summed E-state index contributed by atoms with van der Waals surface area (Å²) in [5, 5.41) is 13.6. The highest BCUT2D eigenvalue weighted by atomic mass is 16.5. The Morgan fingerprint density at radius 1 is 1.18 bits per heavy atom. The van der Waals surface area contributed by atoms with Crippen molar-refractivity contribution in [3.05, 3.63) is 101 Å². The molecular formula is C26H26N4O3. The number of carboxylic acid groups (broad SMARTS) is 1. The third-order valence-corrected chi connectivity index (χ3v) is 6.25. The molecule has 0 bridgehead atoms. The van der Waals surface area contributed by atoms with Crippen LogP contribution >= 0.6 is 0 Å². The first-order chi connectivity index (χ1) is 16.2. The van der Waals surface area contributed by atoms with E-state index in [-0.39, 0.29) is 12.5 Å². The maximum Gasteiger partial charge on any atom is 0.341 e. The zero-order valence-electron chi connectivity index (χ0n) is 18.2. The lowest BCUT2D eigenvalue weighted by Crippen LogP contribution is -2.21. The number of nitrogens with zero attached hydrogens (tertiary/aromatic N) is 3. The summed E-state index contributed by atoms with van der Waals surface area (Å²) in [4.78, 5) is 18.6. The van der Waals surface area contributed by atoms with E-state index >= 15 is 0 Å². The summed E-state index contributed by atoms with van der Waals surface area (Å²) >= 11 is 0. The molecular weight excluding hydrogens is 416 g/mol. The molecule has 1 aliphatic rings. The molecule has 2 unspecified atom stereocenters. The van der Waals surface area contributed by atoms with Crippen LogP contribution in [0, 0.1) is 5.92 Å². The van der Waals surface area contributed by atoms with Crippen LogP contribution in [0.4, 0.5) is 0 Å². The fourth-order valence-electron chi connectivity index (χ4n) is 4.76. The average molecular weight is 443 g/mol. The monoisotopic (exact) mass is 442 g/mol. The molecule has 0 saturated heterocycles. The number of benzene rings is 2. The predicted octanol–water partition coefficient (Wildman–Crippen LogP) is 4.05. The van der Waals surface area contributed by atoms with Crippen LogP contribution in [0.3, 0.4) is 0 Å². The number of imidazole rings is 1. The highest BCUT2D eigenvalue weighted by Gasteiger charge is 2.24. The third-order valence-electron chi connectivity index (χ3n) is 6.25. The number of fused-ring (bicyclic) bond motifs is 1. The van der Waals surface area contributed by atoms with Crippen molar-refractivity contribution >= 4 is 5.97 Å². The van der Waals surface area contributed by atoms with Crippen molar-refractivity contribution in [2.75, 3.05) is 6.61 Å². The predicted molar refractivity (Wildman–Crippen MR) is 123 cm³/mol. The minimum absolute atomic E-state index is 0.0102. The van der Waals surface area contributed by atoms with E-state index in [0.29, 0.717) is 11.7 Å². The maximum absolute atomic E-state index is 10.9. The molecule has 2 atom stereocenters. The Morgan fingerprint density at radius 3 is 2.85 bits per heavy atom. The lowest BCUT2D eigenvalue weighted by Gasteiger charge is -2.26. The lowest BCUT2D eigenvalue weighted by molar-refractivity contribution is -0.139. The summed E-state index contributed by atoms with van der Waals surface area (Å²) in [6.07, 6.45) is 10.5. The largest absolute Gasteiger partial charge is 0.482 e. The molecule has 2 aromatic heterocycles. The Balaban J connectivity index is 1.32. The molecule has 7 heteroatoms. The molecule has 1 aliphatic carbocycles. The summed E-state index contributed by atoms with van der Waals surface area (Å²) in [5.41, 5.74) is 4.65. The van der Waals surface area contributed by atoms with Crippen LogP contribution in [-0.2, 0) is 24.2 Å². The first-order valence-corrected chi connectivity index (χ1v) is 11.2. The Bertz CT molecular complexity index is 1220. The number of ether oxygens (including phenoxy) is 1. The molecule has 2 aromatic carbocycles. The number of aromatic amines is 1. The van der Waals surface area contributed by atoms with E-state index in [4.69, 9.17) is 9.84 Å². The van der Waals surface area contributed by atoms with Gasteiger partial charge in [0.25, 0.3) is 0 Å². The van der Waals surface area contributed by atoms with Crippen LogP contribution in [0.15, 0.2) is 73.3 Å². The number of carboxylic acids is 1. The zero-order chi connectivity index (χ0) is 22.6. The van der Waals surface area contributed by atoms with Gasteiger partial charge < -0.3 is 14.8 Å². The minimum Gasteiger partial charge on any atom is -0.482 e. The Morgan fingerprint density at radius 2 is 2.06 bits per heavy atom. The molecule has 0 aliphatic heterocycles. The molecule has 0 saturated carbocycles. The molecule has 2 N–H and O–H groups in total. The van der Waals surface area contributed by atoms with E-state index in [1.54, 1.807) is 6.20 Å². The van der Waals surface area contributed by atoms with Gasteiger partial charge in [0, 0.05) is 30.7 Å². The van der Waals surface area contributed by atoms with Gasteiger partial charge in [0.1, 0.15) is 11.6 Å². The van der Waals surface area contributed by atoms with Crippen LogP contribution in [-0.4, -0.2) is 37.4 Å². The Kier molecular flexibility index (Phi) is 5.93. The first-order valence-electron chi connectivity index (χ1n) is 11.2. The molecule has 4 aromatic rings. The summed E-state index contributed by atoms with van der Waals surface area (Å²) in [6, 6.07) is 16.3. The van der Waals surface area contributed by atoms with Crippen molar-refractivity contribution in [1.29, 1.82) is 0 Å². The van der Waals surface area contributed by atoms with Gasteiger partial charge in [-0.05, 0) is 47.9 Å². The summed E-state index contributed by atoms with van der Waals surface area (Å²) in [5.74, 6) is 1.11. The quantitative estimate of drug-likeness (QED) is 0.429. The number of hydrogen-bond donors (Lipinski definition) is 2. The van der Waals surface area contributed by atoms with Crippen molar-refractivity contribution in [2.45, 2.75) is 31.7 Å². The van der Waals surface area contributed by atoms with Gasteiger partial charge in [-0.15, -0.1) is 0 Å². The van der Waals surface area contributed by atoms with Gasteiger partial charge >= 0.3 is 5.97 Å². The van der Waals surface area contributed by atoms with Crippen molar-refractivity contribution in [2.24, 2.45) is 5.92 Å². The second-order valence-corrected chi connectivity index (χ2v) is 8.50. The number of rotatable bonds is 8. The number of aromatic nitrogens is 4. The Labute approximate surface area is 192 Å². The number of hydrogen-bond acceptors (Lipinski definition) is 4. The van der Waals surface area contributed by atoms with E-state index in [1.165, 1.54) is 11.1 Å². The van der Waals surface area contributed by atoms with Crippen LogP contribution in [0.25, 0.3) is 0 Å².